The third-order valence-corrected chi connectivity index (χ3v) is 5.12. The molecule has 4 rings (SSSR count). The number of ether oxygens (including phenoxy) is 1. The van der Waals surface area contributed by atoms with Gasteiger partial charge in [0.1, 0.15) is 17.8 Å². The fraction of sp³-hybridized carbons (Fsp3) is 0.333. The zero-order valence-electron chi connectivity index (χ0n) is 15.4. The number of fused-ring (bicyclic) bond motifs is 1. The molecule has 6 nitrogen and oxygen atoms in total. The molecule has 140 valence electrons. The van der Waals surface area contributed by atoms with Gasteiger partial charge >= 0.3 is 0 Å². The Labute approximate surface area is 158 Å². The molecule has 1 saturated heterocycles. The first-order valence-corrected chi connectivity index (χ1v) is 9.27. The molecule has 1 atom stereocenters. The highest BCUT2D eigenvalue weighted by molar-refractivity contribution is 5.91. The number of aromatic nitrogens is 2. The van der Waals surface area contributed by atoms with Crippen molar-refractivity contribution >= 4 is 16.7 Å². The average Bonchev–Trinajstić information content (AvgIpc) is 3.23. The van der Waals surface area contributed by atoms with E-state index in [4.69, 9.17) is 10.5 Å². The number of nitrogens with zero attached hydrogens (tertiary/aromatic N) is 3. The topological polar surface area (TPSA) is 84.5 Å². The van der Waals surface area contributed by atoms with E-state index in [1.165, 1.54) is 0 Å². The van der Waals surface area contributed by atoms with E-state index in [9.17, 15) is 5.11 Å². The Hall–Kier alpha value is -2.70. The van der Waals surface area contributed by atoms with Crippen LogP contribution in [-0.2, 0) is 6.42 Å². The van der Waals surface area contributed by atoms with Crippen LogP contribution in [0.1, 0.15) is 18.4 Å². The number of benzene rings is 2. The molecule has 0 aliphatic carbocycles. The fourth-order valence-electron chi connectivity index (χ4n) is 3.66. The maximum absolute atomic E-state index is 10.6. The van der Waals surface area contributed by atoms with Gasteiger partial charge in [-0.15, -0.1) is 0 Å². The van der Waals surface area contributed by atoms with Crippen molar-refractivity contribution in [1.82, 2.24) is 14.9 Å². The van der Waals surface area contributed by atoms with Crippen LogP contribution in [0.4, 0.5) is 5.82 Å². The van der Waals surface area contributed by atoms with Crippen molar-refractivity contribution < 1.29 is 9.84 Å². The van der Waals surface area contributed by atoms with Crippen LogP contribution >= 0.6 is 0 Å². The fourth-order valence-corrected chi connectivity index (χ4v) is 3.66. The van der Waals surface area contributed by atoms with E-state index in [2.05, 4.69) is 14.9 Å². The highest BCUT2D eigenvalue weighted by Crippen LogP contribution is 2.31. The maximum Gasteiger partial charge on any atom is 0.162 e. The summed E-state index contributed by atoms with van der Waals surface area (Å²) < 4.78 is 5.57. The van der Waals surface area contributed by atoms with E-state index in [0.717, 1.165) is 48.0 Å². The zero-order chi connectivity index (χ0) is 18.8. The number of anilines is 1. The van der Waals surface area contributed by atoms with E-state index in [1.54, 1.807) is 7.11 Å². The summed E-state index contributed by atoms with van der Waals surface area (Å²) in [6.45, 7) is 1.87. The Morgan fingerprint density at radius 3 is 2.59 bits per heavy atom. The number of likely N-dealkylation sites (tertiary alicyclic amines) is 1. The van der Waals surface area contributed by atoms with Crippen LogP contribution in [0.15, 0.2) is 42.5 Å². The minimum absolute atomic E-state index is 0.429. The minimum atomic E-state index is -0.524. The lowest BCUT2D eigenvalue weighted by Crippen LogP contribution is -2.34. The van der Waals surface area contributed by atoms with Crippen molar-refractivity contribution in [3.8, 4) is 17.1 Å². The van der Waals surface area contributed by atoms with Crippen molar-refractivity contribution in [2.75, 3.05) is 25.9 Å². The van der Waals surface area contributed by atoms with E-state index in [1.807, 2.05) is 42.5 Å². The maximum atomic E-state index is 10.6. The molecule has 0 spiro atoms. The number of hydrogen-bond donors (Lipinski definition) is 2. The highest BCUT2D eigenvalue weighted by Gasteiger charge is 2.22. The number of methoxy groups -OCH3 is 1. The number of aliphatic hydroxyl groups is 1. The molecule has 1 aliphatic heterocycles. The minimum Gasteiger partial charge on any atom is -0.496 e. The van der Waals surface area contributed by atoms with E-state index >= 15 is 0 Å². The lowest BCUT2D eigenvalue weighted by molar-refractivity contribution is 0.0209. The van der Waals surface area contributed by atoms with Gasteiger partial charge in [-0.2, -0.15) is 0 Å². The number of nitrogen functional groups attached to an aromatic ring is 1. The molecule has 0 saturated carbocycles. The smallest absolute Gasteiger partial charge is 0.162 e. The summed E-state index contributed by atoms with van der Waals surface area (Å²) >= 11 is 0. The lowest BCUT2D eigenvalue weighted by atomic mass is 10.1. The molecule has 3 aromatic rings. The van der Waals surface area contributed by atoms with Gasteiger partial charge < -0.3 is 15.6 Å². The quantitative estimate of drug-likeness (QED) is 0.724. The van der Waals surface area contributed by atoms with Crippen LogP contribution in [0.2, 0.25) is 0 Å². The summed E-state index contributed by atoms with van der Waals surface area (Å²) in [7, 11) is 1.63. The molecule has 27 heavy (non-hydrogen) atoms. The molecular weight excluding hydrogens is 340 g/mol. The molecule has 0 bridgehead atoms. The lowest BCUT2D eigenvalue weighted by Gasteiger charge is -2.23. The summed E-state index contributed by atoms with van der Waals surface area (Å²) in [5.41, 5.74) is 8.80. The molecule has 2 heterocycles. The SMILES string of the molecule is COc1cc2nc(-c3ccccc3)nc(N)c2cc1CC(O)N1CCCC1. The van der Waals surface area contributed by atoms with Gasteiger partial charge in [-0.25, -0.2) is 9.97 Å². The molecule has 2 aromatic carbocycles. The van der Waals surface area contributed by atoms with Gasteiger partial charge in [0.25, 0.3) is 0 Å². The summed E-state index contributed by atoms with van der Waals surface area (Å²) in [6, 6.07) is 13.6. The van der Waals surface area contributed by atoms with Crippen molar-refractivity contribution in [2.45, 2.75) is 25.5 Å². The molecule has 1 aliphatic rings. The van der Waals surface area contributed by atoms with Crippen LogP contribution in [0.3, 0.4) is 0 Å². The van der Waals surface area contributed by atoms with Gasteiger partial charge in [0, 0.05) is 36.5 Å². The van der Waals surface area contributed by atoms with Crippen LogP contribution in [0.5, 0.6) is 5.75 Å². The first kappa shape index (κ1) is 17.7. The van der Waals surface area contributed by atoms with Crippen molar-refractivity contribution in [3.63, 3.8) is 0 Å². The van der Waals surface area contributed by atoms with Crippen molar-refractivity contribution in [1.29, 1.82) is 0 Å². The Morgan fingerprint density at radius 1 is 1.15 bits per heavy atom. The van der Waals surface area contributed by atoms with E-state index in [-0.39, 0.29) is 0 Å². The largest absolute Gasteiger partial charge is 0.496 e. The first-order valence-electron chi connectivity index (χ1n) is 9.27. The van der Waals surface area contributed by atoms with E-state index < -0.39 is 6.23 Å². The van der Waals surface area contributed by atoms with Gasteiger partial charge in [-0.1, -0.05) is 30.3 Å². The summed E-state index contributed by atoms with van der Waals surface area (Å²) in [5, 5.41) is 11.3. The number of hydrogen-bond acceptors (Lipinski definition) is 6. The molecule has 1 fully saturated rings. The molecule has 1 unspecified atom stereocenters. The second kappa shape index (κ2) is 7.50. The second-order valence-electron chi connectivity index (χ2n) is 6.91. The van der Waals surface area contributed by atoms with Crippen LogP contribution in [0.25, 0.3) is 22.3 Å². The third kappa shape index (κ3) is 3.59. The average molecular weight is 364 g/mol. The highest BCUT2D eigenvalue weighted by atomic mass is 16.5. The Bertz CT molecular complexity index is 940. The molecule has 3 N–H and O–H groups in total. The van der Waals surface area contributed by atoms with E-state index in [0.29, 0.717) is 23.8 Å². The monoisotopic (exact) mass is 364 g/mol. The molecule has 0 radical (unpaired) electrons. The Morgan fingerprint density at radius 2 is 1.89 bits per heavy atom. The van der Waals surface area contributed by atoms with Crippen LogP contribution in [0, 0.1) is 0 Å². The van der Waals surface area contributed by atoms with Gasteiger partial charge in [0.2, 0.25) is 0 Å². The van der Waals surface area contributed by atoms with Gasteiger partial charge in [-0.05, 0) is 24.5 Å². The summed E-state index contributed by atoms with van der Waals surface area (Å²) in [5.74, 6) is 1.73. The molecule has 6 heteroatoms. The van der Waals surface area contributed by atoms with Crippen molar-refractivity contribution in [2.24, 2.45) is 0 Å². The zero-order valence-corrected chi connectivity index (χ0v) is 15.4. The predicted molar refractivity (Wildman–Crippen MR) is 106 cm³/mol. The number of nitrogens with two attached hydrogens (primary N) is 1. The Kier molecular flexibility index (Phi) is 4.92. The van der Waals surface area contributed by atoms with Gasteiger partial charge in [0.05, 0.1) is 12.6 Å². The van der Waals surface area contributed by atoms with Crippen LogP contribution in [-0.4, -0.2) is 46.4 Å². The molecular formula is C21H24N4O2. The molecule has 1 aromatic heterocycles. The molecule has 0 amide bonds. The first-order chi connectivity index (χ1) is 13.2. The summed E-state index contributed by atoms with van der Waals surface area (Å²) in [6.07, 6.45) is 2.23. The third-order valence-electron chi connectivity index (χ3n) is 5.12. The van der Waals surface area contributed by atoms with Crippen LogP contribution < -0.4 is 10.5 Å². The number of aliphatic hydroxyl groups excluding tert-OH is 1. The number of rotatable bonds is 5. The van der Waals surface area contributed by atoms with Crippen molar-refractivity contribution in [3.05, 3.63) is 48.0 Å². The van der Waals surface area contributed by atoms with Gasteiger partial charge in [0.15, 0.2) is 5.82 Å². The normalized spacial score (nSPS) is 15.9. The predicted octanol–water partition coefficient (Wildman–Crippen LogP) is 2.84. The Balaban J connectivity index is 1.72. The second-order valence-corrected chi connectivity index (χ2v) is 6.91. The summed E-state index contributed by atoms with van der Waals surface area (Å²) in [4.78, 5) is 11.2. The standard InChI is InChI=1S/C21H24N4O2/c1-27-18-13-17-16(11-15(18)12-19(26)25-9-5-6-10-25)20(22)24-21(23-17)14-7-3-2-4-8-14/h2-4,7-8,11,13,19,26H,5-6,9-10,12H2,1H3,(H2,22,23,24). The van der Waals surface area contributed by atoms with Gasteiger partial charge in [-0.3, -0.25) is 4.90 Å².